The van der Waals surface area contributed by atoms with Crippen molar-refractivity contribution in [1.82, 2.24) is 9.88 Å². The number of hydrogen-bond donors (Lipinski definition) is 2. The fraction of sp³-hybridized carbons (Fsp3) is 0.357. The van der Waals surface area contributed by atoms with Crippen molar-refractivity contribution in [3.63, 3.8) is 0 Å². The number of hydrogen-bond acceptors (Lipinski definition) is 3. The number of fused-ring (bicyclic) bond motifs is 1. The molecule has 3 aromatic rings. The summed E-state index contributed by atoms with van der Waals surface area (Å²) < 4.78 is 35.1. The molecule has 4 nitrogen and oxygen atoms in total. The number of aliphatic hydroxyl groups excluding tert-OH is 1. The van der Waals surface area contributed by atoms with Crippen LogP contribution < -0.4 is 15.9 Å². The van der Waals surface area contributed by atoms with Crippen LogP contribution in [0.1, 0.15) is 61.7 Å². The van der Waals surface area contributed by atoms with Crippen molar-refractivity contribution in [2.75, 3.05) is 6.61 Å². The lowest BCUT2D eigenvalue weighted by atomic mass is 10.0. The van der Waals surface area contributed by atoms with Gasteiger partial charge in [-0.2, -0.15) is 0 Å². The summed E-state index contributed by atoms with van der Waals surface area (Å²) in [6, 6.07) is 14.0. The number of aromatic nitrogens is 1. The highest BCUT2D eigenvalue weighted by Crippen LogP contribution is 2.24. The molecule has 0 spiro atoms. The summed E-state index contributed by atoms with van der Waals surface area (Å²) in [6.07, 6.45) is 4.04. The molecular formula is C28H32F2N2O2. The Hall–Kier alpha value is -2.80. The number of nitrogens with zero attached hydrogens (tertiary/aromatic N) is 1. The standard InChI is InChI=1S/C28H32F2N2O2/c1-4-34-21-11-12-22-25(15-21)32(17-19-8-6-5-7-9-19)27(18(2)3)26(22)28(33)31-16-20-10-13-23(29)24(30)14-20/h5-10,12-15,18,21,28,31,33H,4,11,16-17H2,1-3H3/t21-,28?/m0/s1. The van der Waals surface area contributed by atoms with Crippen molar-refractivity contribution in [2.24, 2.45) is 0 Å². The lowest BCUT2D eigenvalue weighted by Gasteiger charge is -2.19. The van der Waals surface area contributed by atoms with Crippen molar-refractivity contribution in [3.05, 3.63) is 93.1 Å². The first-order chi connectivity index (χ1) is 16.4. The molecule has 2 N–H and O–H groups in total. The van der Waals surface area contributed by atoms with Gasteiger partial charge in [0.05, 0.1) is 6.10 Å². The summed E-state index contributed by atoms with van der Waals surface area (Å²) in [6.45, 7) is 7.74. The predicted molar refractivity (Wildman–Crippen MR) is 130 cm³/mol. The van der Waals surface area contributed by atoms with Gasteiger partial charge in [0, 0.05) is 41.5 Å². The number of aliphatic hydroxyl groups is 1. The number of rotatable bonds is 9. The average molecular weight is 467 g/mol. The van der Waals surface area contributed by atoms with Crippen LogP contribution in [0.5, 0.6) is 0 Å². The Kier molecular flexibility index (Phi) is 7.61. The molecule has 1 unspecified atom stereocenters. The van der Waals surface area contributed by atoms with Crippen molar-refractivity contribution < 1.29 is 18.6 Å². The van der Waals surface area contributed by atoms with Gasteiger partial charge < -0.3 is 14.4 Å². The van der Waals surface area contributed by atoms with Gasteiger partial charge >= 0.3 is 0 Å². The molecule has 0 amide bonds. The molecule has 0 radical (unpaired) electrons. The minimum atomic E-state index is -0.968. The van der Waals surface area contributed by atoms with Crippen molar-refractivity contribution >= 4 is 12.2 Å². The highest BCUT2D eigenvalue weighted by atomic mass is 19.2. The van der Waals surface area contributed by atoms with Gasteiger partial charge in [-0.05, 0) is 48.6 Å². The molecule has 0 fully saturated rings. The van der Waals surface area contributed by atoms with Gasteiger partial charge in [-0.3, -0.25) is 5.32 Å². The molecule has 0 aliphatic heterocycles. The summed E-state index contributed by atoms with van der Waals surface area (Å²) in [7, 11) is 0. The molecule has 180 valence electrons. The molecule has 0 saturated carbocycles. The molecule has 2 aromatic carbocycles. The molecule has 0 bridgehead atoms. The van der Waals surface area contributed by atoms with Crippen LogP contribution in [0.4, 0.5) is 8.78 Å². The first kappa shape index (κ1) is 24.3. The van der Waals surface area contributed by atoms with Gasteiger partial charge in [0.25, 0.3) is 0 Å². The topological polar surface area (TPSA) is 46.4 Å². The van der Waals surface area contributed by atoms with E-state index in [9.17, 15) is 13.9 Å². The maximum atomic E-state index is 13.6. The molecule has 1 heterocycles. The number of halogens is 2. The van der Waals surface area contributed by atoms with E-state index in [0.717, 1.165) is 40.4 Å². The smallest absolute Gasteiger partial charge is 0.159 e. The summed E-state index contributed by atoms with van der Waals surface area (Å²) in [5, 5.41) is 16.4. The van der Waals surface area contributed by atoms with E-state index in [2.05, 4.69) is 48.0 Å². The van der Waals surface area contributed by atoms with E-state index in [1.54, 1.807) is 0 Å². The largest absolute Gasteiger partial charge is 0.374 e. The second-order valence-corrected chi connectivity index (χ2v) is 8.96. The lowest BCUT2D eigenvalue weighted by molar-refractivity contribution is 0.110. The summed E-state index contributed by atoms with van der Waals surface area (Å²) in [5.41, 5.74) is 3.61. The van der Waals surface area contributed by atoms with Crippen LogP contribution in [0.25, 0.3) is 12.2 Å². The third-order valence-electron chi connectivity index (χ3n) is 6.19. The molecule has 1 aliphatic rings. The Bertz CT molecular complexity index is 1250. The SMILES string of the molecule is CCO[C@@H]1C=c2c(c(C(O)NCc3ccc(F)c(F)c3)c(C(C)C)n2Cc2ccccc2)=CC1. The van der Waals surface area contributed by atoms with Crippen LogP contribution in [0, 0.1) is 11.6 Å². The van der Waals surface area contributed by atoms with E-state index < -0.39 is 17.9 Å². The molecular weight excluding hydrogens is 434 g/mol. The van der Waals surface area contributed by atoms with Crippen LogP contribution in [0.2, 0.25) is 0 Å². The zero-order chi connectivity index (χ0) is 24.2. The molecule has 4 rings (SSSR count). The van der Waals surface area contributed by atoms with Crippen molar-refractivity contribution in [3.8, 4) is 0 Å². The van der Waals surface area contributed by atoms with Gasteiger partial charge in [-0.25, -0.2) is 8.78 Å². The van der Waals surface area contributed by atoms with Crippen molar-refractivity contribution in [1.29, 1.82) is 0 Å². The van der Waals surface area contributed by atoms with Gasteiger partial charge in [0.2, 0.25) is 0 Å². The second-order valence-electron chi connectivity index (χ2n) is 8.96. The predicted octanol–water partition coefficient (Wildman–Crippen LogP) is 4.09. The summed E-state index contributed by atoms with van der Waals surface area (Å²) in [5.74, 6) is -1.63. The molecule has 34 heavy (non-hydrogen) atoms. The van der Waals surface area contributed by atoms with E-state index in [0.29, 0.717) is 18.7 Å². The van der Waals surface area contributed by atoms with E-state index >= 15 is 0 Å². The first-order valence-corrected chi connectivity index (χ1v) is 11.8. The molecule has 1 aromatic heterocycles. The van der Waals surface area contributed by atoms with Crippen LogP contribution >= 0.6 is 0 Å². The summed E-state index contributed by atoms with van der Waals surface area (Å²) in [4.78, 5) is 0. The number of ether oxygens (including phenoxy) is 1. The quantitative estimate of drug-likeness (QED) is 0.467. The Labute approximate surface area is 199 Å². The maximum absolute atomic E-state index is 13.6. The maximum Gasteiger partial charge on any atom is 0.159 e. The van der Waals surface area contributed by atoms with Crippen LogP contribution in [0.15, 0.2) is 48.5 Å². The Morgan fingerprint density at radius 2 is 1.85 bits per heavy atom. The highest BCUT2D eigenvalue weighted by Gasteiger charge is 2.25. The fourth-order valence-electron chi connectivity index (χ4n) is 4.71. The van der Waals surface area contributed by atoms with Gasteiger partial charge in [0.15, 0.2) is 11.6 Å². The van der Waals surface area contributed by atoms with Gasteiger partial charge in [-0.15, -0.1) is 0 Å². The van der Waals surface area contributed by atoms with Crippen LogP contribution in [-0.2, 0) is 17.8 Å². The number of nitrogens with one attached hydrogen (secondary N) is 1. The highest BCUT2D eigenvalue weighted by molar-refractivity contribution is 5.47. The van der Waals surface area contributed by atoms with Crippen LogP contribution in [0.3, 0.4) is 0 Å². The Morgan fingerprint density at radius 3 is 2.53 bits per heavy atom. The monoisotopic (exact) mass is 466 g/mol. The third-order valence-corrected chi connectivity index (χ3v) is 6.19. The number of benzene rings is 2. The zero-order valence-corrected chi connectivity index (χ0v) is 19.9. The Balaban J connectivity index is 1.76. The zero-order valence-electron chi connectivity index (χ0n) is 19.9. The van der Waals surface area contributed by atoms with E-state index in [1.807, 2.05) is 25.1 Å². The van der Waals surface area contributed by atoms with Gasteiger partial charge in [0.1, 0.15) is 6.23 Å². The minimum Gasteiger partial charge on any atom is -0.374 e. The first-order valence-electron chi connectivity index (χ1n) is 11.8. The van der Waals surface area contributed by atoms with E-state index in [1.165, 1.54) is 11.6 Å². The molecule has 0 saturated heterocycles. The molecule has 6 heteroatoms. The Morgan fingerprint density at radius 1 is 1.09 bits per heavy atom. The normalized spacial score (nSPS) is 16.1. The lowest BCUT2D eigenvalue weighted by Crippen LogP contribution is -2.37. The van der Waals surface area contributed by atoms with E-state index in [-0.39, 0.29) is 18.6 Å². The molecule has 2 atom stereocenters. The fourth-order valence-corrected chi connectivity index (χ4v) is 4.71. The molecule has 1 aliphatic carbocycles. The van der Waals surface area contributed by atoms with Gasteiger partial charge in [-0.1, -0.05) is 56.3 Å². The summed E-state index contributed by atoms with van der Waals surface area (Å²) >= 11 is 0. The van der Waals surface area contributed by atoms with Crippen molar-refractivity contribution in [2.45, 2.75) is 58.5 Å². The minimum absolute atomic E-state index is 0.0120. The second kappa shape index (κ2) is 10.6. The van der Waals surface area contributed by atoms with E-state index in [4.69, 9.17) is 4.74 Å². The third kappa shape index (κ3) is 5.14. The van der Waals surface area contributed by atoms with Crippen LogP contribution in [-0.4, -0.2) is 22.4 Å². The average Bonchev–Trinajstić information content (AvgIpc) is 3.14.